The lowest BCUT2D eigenvalue weighted by molar-refractivity contribution is 0.0687. The third kappa shape index (κ3) is 4.13. The highest BCUT2D eigenvalue weighted by molar-refractivity contribution is 6.35. The van der Waals surface area contributed by atoms with Crippen molar-refractivity contribution in [3.05, 3.63) is 83.0 Å². The second-order valence-corrected chi connectivity index (χ2v) is 8.19. The maximum absolute atomic E-state index is 10.1. The number of fused-ring (bicyclic) bond motifs is 1. The van der Waals surface area contributed by atoms with Crippen LogP contribution < -0.4 is 5.32 Å². The topological polar surface area (TPSA) is 70.9 Å². The molecule has 4 aromatic rings. The van der Waals surface area contributed by atoms with Gasteiger partial charge in [0.05, 0.1) is 21.9 Å². The van der Waals surface area contributed by atoms with Crippen molar-refractivity contribution >= 4 is 28.2 Å². The van der Waals surface area contributed by atoms with Crippen molar-refractivity contribution < 1.29 is 5.11 Å². The second kappa shape index (κ2) is 8.01. The fourth-order valence-electron chi connectivity index (χ4n) is 3.29. The first-order valence-corrected chi connectivity index (χ1v) is 10.1. The number of benzene rings is 2. The highest BCUT2D eigenvalue weighted by atomic mass is 35.5. The van der Waals surface area contributed by atoms with Gasteiger partial charge in [0.25, 0.3) is 0 Å². The average Bonchev–Trinajstić information content (AvgIpc) is 2.74. The molecule has 2 N–H and O–H groups in total. The number of halogens is 1. The van der Waals surface area contributed by atoms with Gasteiger partial charge in [-0.2, -0.15) is 0 Å². The number of rotatable bonds is 5. The van der Waals surface area contributed by atoms with Gasteiger partial charge in [-0.05, 0) is 44.0 Å². The van der Waals surface area contributed by atoms with Gasteiger partial charge in [-0.3, -0.25) is 4.98 Å². The van der Waals surface area contributed by atoms with Crippen molar-refractivity contribution in [2.45, 2.75) is 32.9 Å². The Labute approximate surface area is 180 Å². The van der Waals surface area contributed by atoms with Crippen LogP contribution in [0.1, 0.15) is 30.9 Å². The Balaban J connectivity index is 1.74. The van der Waals surface area contributed by atoms with Crippen molar-refractivity contribution in [3.63, 3.8) is 0 Å². The van der Waals surface area contributed by atoms with Gasteiger partial charge in [-0.1, -0.05) is 48.0 Å². The first-order valence-electron chi connectivity index (χ1n) is 9.76. The van der Waals surface area contributed by atoms with E-state index in [0.717, 1.165) is 33.4 Å². The Morgan fingerprint density at radius 2 is 1.70 bits per heavy atom. The summed E-state index contributed by atoms with van der Waals surface area (Å²) in [6.07, 6.45) is 3.45. The van der Waals surface area contributed by atoms with Crippen LogP contribution in [0.15, 0.2) is 60.9 Å². The molecule has 0 saturated carbocycles. The van der Waals surface area contributed by atoms with E-state index in [4.69, 9.17) is 11.6 Å². The Morgan fingerprint density at radius 3 is 2.37 bits per heavy atom. The number of aliphatic hydroxyl groups is 1. The number of nitrogens with one attached hydrogen (secondary N) is 1. The molecule has 30 heavy (non-hydrogen) atoms. The predicted octanol–water partition coefficient (Wildman–Crippen LogP) is 5.49. The van der Waals surface area contributed by atoms with Crippen molar-refractivity contribution in [2.75, 3.05) is 5.32 Å². The summed E-state index contributed by atoms with van der Waals surface area (Å²) in [7, 11) is 0. The Bertz CT molecular complexity index is 1190. The zero-order valence-corrected chi connectivity index (χ0v) is 17.9. The molecule has 0 saturated heterocycles. The smallest absolute Gasteiger partial charge is 0.159 e. The summed E-state index contributed by atoms with van der Waals surface area (Å²) >= 11 is 6.63. The van der Waals surface area contributed by atoms with Crippen LogP contribution in [0.2, 0.25) is 5.02 Å². The van der Waals surface area contributed by atoms with Crippen molar-refractivity contribution in [2.24, 2.45) is 0 Å². The lowest BCUT2D eigenvalue weighted by Gasteiger charge is -2.16. The van der Waals surface area contributed by atoms with Crippen molar-refractivity contribution in [3.8, 4) is 11.1 Å². The summed E-state index contributed by atoms with van der Waals surface area (Å²) in [6.45, 7) is 5.90. The maximum atomic E-state index is 10.1. The minimum absolute atomic E-state index is 0.387. The van der Waals surface area contributed by atoms with Crippen molar-refractivity contribution in [1.82, 2.24) is 15.0 Å². The monoisotopic (exact) mass is 418 g/mol. The zero-order valence-electron chi connectivity index (χ0n) is 17.1. The summed E-state index contributed by atoms with van der Waals surface area (Å²) in [5, 5.41) is 15.1. The normalized spacial score (nSPS) is 11.6. The van der Waals surface area contributed by atoms with E-state index in [0.29, 0.717) is 17.4 Å². The molecule has 152 valence electrons. The van der Waals surface area contributed by atoms with E-state index in [1.165, 1.54) is 5.56 Å². The molecular weight excluding hydrogens is 396 g/mol. The standard InChI is InChI=1S/C24H23ClN4O/c1-15-21(25)22(26-12-16-7-5-4-6-8-16)19-11-17(9-10-20(19)29-15)18-13-27-23(28-14-18)24(2,3)30/h4-11,13-14,30H,12H2,1-3H3,(H,26,29). The van der Waals surface area contributed by atoms with Crippen LogP contribution >= 0.6 is 11.6 Å². The van der Waals surface area contributed by atoms with Gasteiger partial charge in [-0.25, -0.2) is 9.97 Å². The molecule has 2 aromatic heterocycles. The van der Waals surface area contributed by atoms with Crippen LogP contribution in [0.3, 0.4) is 0 Å². The molecule has 0 unspecified atom stereocenters. The van der Waals surface area contributed by atoms with Crippen molar-refractivity contribution in [1.29, 1.82) is 0 Å². The first kappa shape index (κ1) is 20.3. The number of anilines is 1. The molecule has 0 atom stereocenters. The number of hydrogen-bond acceptors (Lipinski definition) is 5. The van der Waals surface area contributed by atoms with Gasteiger partial charge in [0.2, 0.25) is 0 Å². The maximum Gasteiger partial charge on any atom is 0.159 e. The molecule has 0 amide bonds. The molecule has 0 aliphatic heterocycles. The minimum Gasteiger partial charge on any atom is -0.382 e. The van der Waals surface area contributed by atoms with E-state index in [2.05, 4.69) is 32.4 Å². The van der Waals surface area contributed by atoms with E-state index in [-0.39, 0.29) is 0 Å². The summed E-state index contributed by atoms with van der Waals surface area (Å²) in [5.74, 6) is 0.387. The molecule has 0 fully saturated rings. The first-order chi connectivity index (χ1) is 14.3. The summed E-state index contributed by atoms with van der Waals surface area (Å²) in [4.78, 5) is 13.3. The largest absolute Gasteiger partial charge is 0.382 e. The molecule has 2 heterocycles. The van der Waals surface area contributed by atoms with Crippen LogP contribution in [-0.2, 0) is 12.1 Å². The fraction of sp³-hybridized carbons (Fsp3) is 0.208. The molecule has 0 bridgehead atoms. The molecule has 0 aliphatic rings. The lowest BCUT2D eigenvalue weighted by Crippen LogP contribution is -2.19. The molecule has 4 rings (SSSR count). The highest BCUT2D eigenvalue weighted by Crippen LogP contribution is 2.35. The highest BCUT2D eigenvalue weighted by Gasteiger charge is 2.19. The van der Waals surface area contributed by atoms with Gasteiger partial charge in [0.1, 0.15) is 5.60 Å². The van der Waals surface area contributed by atoms with Crippen LogP contribution in [0.4, 0.5) is 5.69 Å². The molecule has 0 radical (unpaired) electrons. The SMILES string of the molecule is Cc1nc2ccc(-c3cnc(C(C)(C)O)nc3)cc2c(NCc2ccccc2)c1Cl. The minimum atomic E-state index is -1.08. The fourth-order valence-corrected chi connectivity index (χ4v) is 3.51. The summed E-state index contributed by atoms with van der Waals surface area (Å²) in [6, 6.07) is 16.2. The Kier molecular flexibility index (Phi) is 5.41. The number of nitrogens with zero attached hydrogens (tertiary/aromatic N) is 3. The third-order valence-corrected chi connectivity index (χ3v) is 5.40. The average molecular weight is 419 g/mol. The van der Waals surface area contributed by atoms with Gasteiger partial charge in [0, 0.05) is 29.9 Å². The molecule has 0 aliphatic carbocycles. The number of pyridine rings is 1. The predicted molar refractivity (Wildman–Crippen MR) is 122 cm³/mol. The van der Waals surface area contributed by atoms with Gasteiger partial charge >= 0.3 is 0 Å². The van der Waals surface area contributed by atoms with Gasteiger partial charge < -0.3 is 10.4 Å². The van der Waals surface area contributed by atoms with E-state index >= 15 is 0 Å². The second-order valence-electron chi connectivity index (χ2n) is 7.81. The number of aromatic nitrogens is 3. The number of aryl methyl sites for hydroxylation is 1. The van der Waals surface area contributed by atoms with E-state index in [1.807, 2.05) is 43.3 Å². The molecule has 2 aromatic carbocycles. The molecule has 5 nitrogen and oxygen atoms in total. The quantitative estimate of drug-likeness (QED) is 0.448. The van der Waals surface area contributed by atoms with E-state index < -0.39 is 5.60 Å². The van der Waals surface area contributed by atoms with Crippen LogP contribution in [0, 0.1) is 6.92 Å². The molecule has 6 heteroatoms. The molecule has 0 spiro atoms. The van der Waals surface area contributed by atoms with Gasteiger partial charge in [-0.15, -0.1) is 0 Å². The number of hydrogen-bond donors (Lipinski definition) is 2. The van der Waals surface area contributed by atoms with Crippen LogP contribution in [-0.4, -0.2) is 20.1 Å². The van der Waals surface area contributed by atoms with Crippen LogP contribution in [0.25, 0.3) is 22.0 Å². The third-order valence-electron chi connectivity index (χ3n) is 4.94. The van der Waals surface area contributed by atoms with E-state index in [1.54, 1.807) is 26.2 Å². The Morgan fingerprint density at radius 1 is 1.00 bits per heavy atom. The molecular formula is C24H23ClN4O. The van der Waals surface area contributed by atoms with Crippen LogP contribution in [0.5, 0.6) is 0 Å². The summed E-state index contributed by atoms with van der Waals surface area (Å²) < 4.78 is 0. The van der Waals surface area contributed by atoms with Gasteiger partial charge in [0.15, 0.2) is 5.82 Å². The van der Waals surface area contributed by atoms with E-state index in [9.17, 15) is 5.11 Å². The zero-order chi connectivity index (χ0) is 21.3. The lowest BCUT2D eigenvalue weighted by atomic mass is 10.0. The Hall–Kier alpha value is -3.02. The summed E-state index contributed by atoms with van der Waals surface area (Å²) in [5.41, 5.74) is 4.41.